The predicted molar refractivity (Wildman–Crippen MR) is 117 cm³/mol. The second-order valence-electron chi connectivity index (χ2n) is 8.16. The monoisotopic (exact) mass is 477 g/mol. The van der Waals surface area contributed by atoms with Gasteiger partial charge in [0.15, 0.2) is 17.4 Å². The van der Waals surface area contributed by atoms with E-state index >= 15 is 0 Å². The normalized spacial score (nSPS) is 17.2. The molecule has 176 valence electrons. The summed E-state index contributed by atoms with van der Waals surface area (Å²) in [4.78, 5) is 32.3. The van der Waals surface area contributed by atoms with E-state index in [4.69, 9.17) is 4.74 Å². The standard InChI is InChI=1S/C21H24FN5O5S/c1-13(15-4-5-17(22)18(8-15)32-12-14-2-3-14)26-33(30,31)7-6-16-9-24-19(10-23-16)27-11-20(28)25-21(27)29/h4-5,8-10,13-14,26H,2-3,6-7,11-12H2,1H3,(H,25,28,29)/t13-/m1/s1. The smallest absolute Gasteiger partial charge is 0.330 e. The zero-order chi connectivity index (χ0) is 23.6. The maximum Gasteiger partial charge on any atom is 0.330 e. The molecule has 1 atom stereocenters. The van der Waals surface area contributed by atoms with Gasteiger partial charge in [-0.25, -0.2) is 27.3 Å². The van der Waals surface area contributed by atoms with E-state index in [-0.39, 0.29) is 30.3 Å². The van der Waals surface area contributed by atoms with Crippen LogP contribution >= 0.6 is 0 Å². The number of nitrogens with one attached hydrogen (secondary N) is 2. The fourth-order valence-electron chi connectivity index (χ4n) is 3.27. The highest BCUT2D eigenvalue weighted by atomic mass is 32.2. The highest BCUT2D eigenvalue weighted by Gasteiger charge is 2.29. The fraction of sp³-hybridized carbons (Fsp3) is 0.429. The number of hydrogen-bond acceptors (Lipinski definition) is 7. The zero-order valence-corrected chi connectivity index (χ0v) is 18.8. The minimum atomic E-state index is -3.68. The quantitative estimate of drug-likeness (QED) is 0.498. The van der Waals surface area contributed by atoms with Crippen LogP contribution in [0.15, 0.2) is 30.6 Å². The first-order chi connectivity index (χ1) is 15.7. The minimum Gasteiger partial charge on any atom is -0.490 e. The third-order valence-corrected chi connectivity index (χ3v) is 6.83. The van der Waals surface area contributed by atoms with Crippen molar-refractivity contribution in [1.29, 1.82) is 0 Å². The van der Waals surface area contributed by atoms with E-state index in [1.807, 2.05) is 0 Å². The lowest BCUT2D eigenvalue weighted by molar-refractivity contribution is -0.117. The Bertz CT molecular complexity index is 1150. The minimum absolute atomic E-state index is 0.0969. The molecule has 1 aromatic carbocycles. The van der Waals surface area contributed by atoms with Gasteiger partial charge in [0.2, 0.25) is 15.9 Å². The molecule has 1 saturated carbocycles. The third kappa shape index (κ3) is 6.02. The summed E-state index contributed by atoms with van der Waals surface area (Å²) in [6.45, 7) is 1.99. The maximum atomic E-state index is 14.0. The molecule has 0 bridgehead atoms. The van der Waals surface area contributed by atoms with Crippen molar-refractivity contribution in [3.05, 3.63) is 47.7 Å². The predicted octanol–water partition coefficient (Wildman–Crippen LogP) is 1.68. The fourth-order valence-corrected chi connectivity index (χ4v) is 4.54. The van der Waals surface area contributed by atoms with E-state index in [2.05, 4.69) is 20.0 Å². The molecule has 3 amide bonds. The summed E-state index contributed by atoms with van der Waals surface area (Å²) in [5.41, 5.74) is 1.01. The number of anilines is 1. The Morgan fingerprint density at radius 1 is 1.27 bits per heavy atom. The van der Waals surface area contributed by atoms with Crippen molar-refractivity contribution in [2.75, 3.05) is 23.8 Å². The summed E-state index contributed by atoms with van der Waals surface area (Å²) in [6.07, 6.45) is 4.95. The lowest BCUT2D eigenvalue weighted by Crippen LogP contribution is -2.30. The lowest BCUT2D eigenvalue weighted by Gasteiger charge is -2.16. The second-order valence-corrected chi connectivity index (χ2v) is 10.0. The third-order valence-electron chi connectivity index (χ3n) is 5.37. The molecular formula is C21H24FN5O5S. The molecule has 2 aliphatic rings. The Kier molecular flexibility index (Phi) is 6.56. The van der Waals surface area contributed by atoms with Gasteiger partial charge in [-0.1, -0.05) is 6.07 Å². The van der Waals surface area contributed by atoms with E-state index in [9.17, 15) is 22.4 Å². The summed E-state index contributed by atoms with van der Waals surface area (Å²) >= 11 is 0. The van der Waals surface area contributed by atoms with Crippen LogP contribution in [0.25, 0.3) is 0 Å². The van der Waals surface area contributed by atoms with Crippen molar-refractivity contribution in [1.82, 2.24) is 20.0 Å². The molecule has 2 heterocycles. The van der Waals surface area contributed by atoms with Crippen molar-refractivity contribution < 1.29 is 27.1 Å². The van der Waals surface area contributed by atoms with Gasteiger partial charge in [0.25, 0.3) is 0 Å². The average Bonchev–Trinajstić information content (AvgIpc) is 3.54. The maximum absolute atomic E-state index is 14.0. The van der Waals surface area contributed by atoms with Crippen LogP contribution in [0.2, 0.25) is 0 Å². The molecule has 0 spiro atoms. The number of nitrogens with zero attached hydrogens (tertiary/aromatic N) is 3. The van der Waals surface area contributed by atoms with Crippen molar-refractivity contribution in [3.63, 3.8) is 0 Å². The van der Waals surface area contributed by atoms with Crippen molar-refractivity contribution in [2.24, 2.45) is 5.92 Å². The number of aryl methyl sites for hydroxylation is 1. The van der Waals surface area contributed by atoms with Crippen molar-refractivity contribution in [2.45, 2.75) is 32.2 Å². The SMILES string of the molecule is C[C@@H](NS(=O)(=O)CCc1cnc(N2CC(=O)NC2=O)cn1)c1ccc(F)c(OCC2CC2)c1. The summed E-state index contributed by atoms with van der Waals surface area (Å²) < 4.78 is 47.2. The van der Waals surface area contributed by atoms with Crippen LogP contribution in [0.4, 0.5) is 15.0 Å². The van der Waals surface area contributed by atoms with E-state index < -0.39 is 33.8 Å². The number of carbonyl (C=O) groups is 2. The molecule has 4 rings (SSSR count). The number of halogens is 1. The number of benzene rings is 1. The van der Waals surface area contributed by atoms with Gasteiger partial charge < -0.3 is 4.74 Å². The molecule has 1 aromatic heterocycles. The molecular weight excluding hydrogens is 453 g/mol. The topological polar surface area (TPSA) is 131 Å². The van der Waals surface area contributed by atoms with Gasteiger partial charge in [-0.2, -0.15) is 0 Å². The molecule has 1 aliphatic carbocycles. The van der Waals surface area contributed by atoms with Crippen LogP contribution in [-0.4, -0.2) is 49.2 Å². The van der Waals surface area contributed by atoms with Crippen molar-refractivity contribution in [3.8, 4) is 5.75 Å². The highest BCUT2D eigenvalue weighted by molar-refractivity contribution is 7.89. The Labute approximate surface area is 190 Å². The molecule has 1 saturated heterocycles. The molecule has 33 heavy (non-hydrogen) atoms. The van der Waals surface area contributed by atoms with Crippen LogP contribution in [0, 0.1) is 11.7 Å². The Balaban J connectivity index is 1.33. The number of urea groups is 1. The summed E-state index contributed by atoms with van der Waals surface area (Å²) in [5, 5.41) is 2.14. The van der Waals surface area contributed by atoms with Crippen LogP contribution in [0.1, 0.15) is 37.1 Å². The Morgan fingerprint density at radius 3 is 2.70 bits per heavy atom. The molecule has 2 fully saturated rings. The van der Waals surface area contributed by atoms with Gasteiger partial charge in [0.05, 0.1) is 30.4 Å². The van der Waals surface area contributed by atoms with Crippen LogP contribution in [0.5, 0.6) is 5.75 Å². The van der Waals surface area contributed by atoms with Gasteiger partial charge in [-0.15, -0.1) is 0 Å². The number of carbonyl (C=O) groups excluding carboxylic acids is 2. The molecule has 10 nitrogen and oxygen atoms in total. The van der Waals surface area contributed by atoms with E-state index in [0.717, 1.165) is 17.7 Å². The van der Waals surface area contributed by atoms with Gasteiger partial charge >= 0.3 is 6.03 Å². The molecule has 1 aliphatic heterocycles. The Morgan fingerprint density at radius 2 is 2.06 bits per heavy atom. The summed E-state index contributed by atoms with van der Waals surface area (Å²) in [6, 6.07) is 3.15. The van der Waals surface area contributed by atoms with E-state index in [0.29, 0.717) is 23.8 Å². The zero-order valence-electron chi connectivity index (χ0n) is 18.0. The number of imide groups is 1. The molecule has 2 N–H and O–H groups in total. The number of aromatic nitrogens is 2. The number of ether oxygens (including phenoxy) is 1. The lowest BCUT2D eigenvalue weighted by atomic mass is 10.1. The Hall–Kier alpha value is -3.12. The van der Waals surface area contributed by atoms with E-state index in [1.54, 1.807) is 6.92 Å². The number of sulfonamides is 1. The molecule has 12 heteroatoms. The number of hydrogen-bond donors (Lipinski definition) is 2. The van der Waals surface area contributed by atoms with Crippen molar-refractivity contribution >= 4 is 27.8 Å². The first-order valence-electron chi connectivity index (χ1n) is 10.5. The highest BCUT2D eigenvalue weighted by Crippen LogP contribution is 2.31. The molecule has 0 radical (unpaired) electrons. The molecule has 0 unspecified atom stereocenters. The van der Waals surface area contributed by atoms with Crippen LogP contribution in [0.3, 0.4) is 0 Å². The second kappa shape index (κ2) is 9.40. The van der Waals surface area contributed by atoms with Gasteiger partial charge in [0.1, 0.15) is 6.54 Å². The molecule has 2 aromatic rings. The summed E-state index contributed by atoms with van der Waals surface area (Å²) in [5.74, 6) is -0.356. The first kappa shape index (κ1) is 23.1. The largest absolute Gasteiger partial charge is 0.490 e. The van der Waals surface area contributed by atoms with Crippen LogP contribution < -0.4 is 19.7 Å². The number of amides is 3. The average molecular weight is 478 g/mol. The van der Waals surface area contributed by atoms with Gasteiger partial charge in [0, 0.05) is 12.5 Å². The van der Waals surface area contributed by atoms with Gasteiger partial charge in [-0.3, -0.25) is 20.0 Å². The van der Waals surface area contributed by atoms with Gasteiger partial charge in [-0.05, 0) is 43.4 Å². The van der Waals surface area contributed by atoms with E-state index in [1.165, 1.54) is 30.6 Å². The first-order valence-corrected chi connectivity index (χ1v) is 12.2. The summed E-state index contributed by atoms with van der Waals surface area (Å²) in [7, 11) is -3.68. The number of rotatable bonds is 10. The van der Waals surface area contributed by atoms with Crippen LogP contribution in [-0.2, 0) is 21.2 Å².